The average molecular weight is 401 g/mol. The Labute approximate surface area is 160 Å². The zero-order valence-corrected chi connectivity index (χ0v) is 15.0. The van der Waals surface area contributed by atoms with Gasteiger partial charge >= 0.3 is 0 Å². The average Bonchev–Trinajstić information content (AvgIpc) is 3.22. The molecule has 0 saturated carbocycles. The highest BCUT2D eigenvalue weighted by Crippen LogP contribution is 2.34. The zero-order valence-electron chi connectivity index (χ0n) is 17.2. The molecule has 4 rings (SSSR count). The van der Waals surface area contributed by atoms with E-state index in [0.717, 1.165) is 18.2 Å². The van der Waals surface area contributed by atoms with Gasteiger partial charge in [-0.1, -0.05) is 0 Å². The Kier molecular flexibility index (Phi) is 3.70. The van der Waals surface area contributed by atoms with Gasteiger partial charge in [0.25, 0.3) is 10.0 Å². The van der Waals surface area contributed by atoms with E-state index in [-0.39, 0.29) is 18.2 Å². The van der Waals surface area contributed by atoms with Crippen LogP contribution >= 0.6 is 0 Å². The standard InChI is InChI=1S/C17H20F2N4O3S/c1-27(24,25)23-7-10-6-22(8-16(10)21-23)12-5-15(20)17(26-9-12)13-4-11(18)2-3-14(13)19/h2-4,7,12,15,17H,5-6,8-9,20H2,1H3/t12-,15+,17+/m0/s1/i1D3. The van der Waals surface area contributed by atoms with Gasteiger partial charge < -0.3 is 10.5 Å². The molecule has 3 heterocycles. The lowest BCUT2D eigenvalue weighted by Crippen LogP contribution is -2.47. The van der Waals surface area contributed by atoms with Crippen molar-refractivity contribution in [2.24, 2.45) is 5.73 Å². The summed E-state index contributed by atoms with van der Waals surface area (Å²) in [6.45, 7) is 0.885. The number of aromatic nitrogens is 2. The minimum absolute atomic E-state index is 0.0804. The van der Waals surface area contributed by atoms with Gasteiger partial charge in [0.15, 0.2) is 0 Å². The van der Waals surface area contributed by atoms with Gasteiger partial charge in [-0.2, -0.15) is 9.19 Å². The summed E-state index contributed by atoms with van der Waals surface area (Å²) in [5, 5.41) is 3.94. The van der Waals surface area contributed by atoms with E-state index in [4.69, 9.17) is 14.6 Å². The molecule has 10 heteroatoms. The summed E-state index contributed by atoms with van der Waals surface area (Å²) < 4.78 is 79.4. The largest absolute Gasteiger partial charge is 0.370 e. The molecule has 27 heavy (non-hydrogen) atoms. The molecule has 1 aromatic heterocycles. The first-order valence-corrected chi connectivity index (χ1v) is 9.80. The lowest BCUT2D eigenvalue weighted by Gasteiger charge is -2.38. The van der Waals surface area contributed by atoms with Crippen molar-refractivity contribution in [3.8, 4) is 0 Å². The molecule has 0 unspecified atom stereocenters. The first kappa shape index (κ1) is 15.1. The van der Waals surface area contributed by atoms with Crippen LogP contribution in [0.2, 0.25) is 0 Å². The van der Waals surface area contributed by atoms with Crippen LogP contribution in [0.25, 0.3) is 0 Å². The van der Waals surface area contributed by atoms with Crippen molar-refractivity contribution in [2.45, 2.75) is 37.7 Å². The predicted molar refractivity (Wildman–Crippen MR) is 93.1 cm³/mol. The lowest BCUT2D eigenvalue weighted by molar-refractivity contribution is -0.0533. The highest BCUT2D eigenvalue weighted by molar-refractivity contribution is 7.89. The van der Waals surface area contributed by atoms with Gasteiger partial charge in [-0.3, -0.25) is 4.90 Å². The number of rotatable bonds is 3. The second-order valence-electron chi connectivity index (χ2n) is 6.86. The minimum atomic E-state index is -4.57. The van der Waals surface area contributed by atoms with E-state index < -0.39 is 40.0 Å². The number of hydrogen-bond acceptors (Lipinski definition) is 6. The van der Waals surface area contributed by atoms with Crippen LogP contribution in [-0.2, 0) is 27.8 Å². The molecule has 1 aromatic carbocycles. The molecular formula is C17H20F2N4O3S. The van der Waals surface area contributed by atoms with Gasteiger partial charge in [0.2, 0.25) is 0 Å². The van der Waals surface area contributed by atoms with Crippen LogP contribution in [-0.4, -0.2) is 47.4 Å². The zero-order chi connectivity index (χ0) is 21.8. The van der Waals surface area contributed by atoms with Crippen LogP contribution in [0, 0.1) is 11.6 Å². The van der Waals surface area contributed by atoms with Crippen molar-refractivity contribution in [3.63, 3.8) is 0 Å². The molecule has 0 bridgehead atoms. The summed E-state index contributed by atoms with van der Waals surface area (Å²) in [5.74, 6) is -1.15. The van der Waals surface area contributed by atoms with Crippen LogP contribution in [0.5, 0.6) is 0 Å². The molecule has 1 saturated heterocycles. The first-order chi connectivity index (χ1) is 14.0. The SMILES string of the molecule is [2H]C([2H])([2H])S(=O)(=O)n1cc2c(n1)CN([C@@H]1CO[C@H](c3cc(F)ccc3F)[C@H](N)C1)C2. The van der Waals surface area contributed by atoms with E-state index >= 15 is 0 Å². The molecule has 1 fully saturated rings. The third-order valence-electron chi connectivity index (χ3n) is 5.01. The molecule has 7 nitrogen and oxygen atoms in total. The Morgan fingerprint density at radius 3 is 2.89 bits per heavy atom. The third-order valence-corrected chi connectivity index (χ3v) is 5.69. The molecular weight excluding hydrogens is 378 g/mol. The summed E-state index contributed by atoms with van der Waals surface area (Å²) in [6.07, 6.45) is -2.29. The van der Waals surface area contributed by atoms with E-state index in [2.05, 4.69) is 5.10 Å². The van der Waals surface area contributed by atoms with Crippen LogP contribution < -0.4 is 5.73 Å². The number of fused-ring (bicyclic) bond motifs is 1. The molecule has 0 radical (unpaired) electrons. The van der Waals surface area contributed by atoms with Crippen molar-refractivity contribution in [1.82, 2.24) is 14.1 Å². The molecule has 3 atom stereocenters. The van der Waals surface area contributed by atoms with Gasteiger partial charge in [-0.25, -0.2) is 17.2 Å². The van der Waals surface area contributed by atoms with Gasteiger partial charge in [-0.05, 0) is 24.6 Å². The summed E-state index contributed by atoms with van der Waals surface area (Å²) in [5.41, 5.74) is 7.35. The fraction of sp³-hybridized carbons (Fsp3) is 0.471. The number of nitrogens with two attached hydrogens (primary N) is 1. The van der Waals surface area contributed by atoms with Gasteiger partial charge in [-0.15, -0.1) is 0 Å². The Morgan fingerprint density at radius 2 is 2.19 bits per heavy atom. The molecule has 0 spiro atoms. The molecule has 2 aliphatic heterocycles. The number of benzene rings is 1. The Bertz CT molecular complexity index is 1050. The third kappa shape index (κ3) is 3.49. The maximum Gasteiger partial charge on any atom is 0.250 e. The monoisotopic (exact) mass is 401 g/mol. The molecule has 2 aromatic rings. The highest BCUT2D eigenvalue weighted by atomic mass is 32.2. The molecule has 2 aliphatic rings. The first-order valence-electron chi connectivity index (χ1n) is 9.86. The summed E-state index contributed by atoms with van der Waals surface area (Å²) in [4.78, 5) is 1.99. The topological polar surface area (TPSA) is 90.5 Å². The van der Waals surface area contributed by atoms with Gasteiger partial charge in [0, 0.05) is 46.6 Å². The number of halogens is 2. The Morgan fingerprint density at radius 1 is 1.37 bits per heavy atom. The highest BCUT2D eigenvalue weighted by Gasteiger charge is 2.37. The summed E-state index contributed by atoms with van der Waals surface area (Å²) in [6, 6.07) is 2.46. The van der Waals surface area contributed by atoms with E-state index in [1.54, 1.807) is 0 Å². The fourth-order valence-electron chi connectivity index (χ4n) is 3.69. The van der Waals surface area contributed by atoms with Gasteiger partial charge in [0.1, 0.15) is 17.7 Å². The predicted octanol–water partition coefficient (Wildman–Crippen LogP) is 1.14. The van der Waals surface area contributed by atoms with Crippen molar-refractivity contribution in [1.29, 1.82) is 0 Å². The maximum absolute atomic E-state index is 14.1. The van der Waals surface area contributed by atoms with E-state index in [1.807, 2.05) is 4.90 Å². The Balaban J connectivity index is 1.44. The lowest BCUT2D eigenvalue weighted by atomic mass is 9.93. The van der Waals surface area contributed by atoms with Crippen LogP contribution in [0.15, 0.2) is 24.4 Å². The smallest absolute Gasteiger partial charge is 0.250 e. The minimum Gasteiger partial charge on any atom is -0.370 e. The number of hydrogen-bond donors (Lipinski definition) is 1. The summed E-state index contributed by atoms with van der Waals surface area (Å²) in [7, 11) is -4.57. The van der Waals surface area contributed by atoms with Crippen molar-refractivity contribution in [3.05, 3.63) is 52.9 Å². The molecule has 0 aliphatic carbocycles. The van der Waals surface area contributed by atoms with Gasteiger partial charge in [0.05, 0.1) is 18.5 Å². The second-order valence-corrected chi connectivity index (χ2v) is 8.18. The Hall–Kier alpha value is -1.88. The number of ether oxygens (including phenoxy) is 1. The molecule has 146 valence electrons. The van der Waals surface area contributed by atoms with E-state index in [1.165, 1.54) is 6.20 Å². The van der Waals surface area contributed by atoms with Crippen molar-refractivity contribution < 1.29 is 26.0 Å². The molecule has 2 N–H and O–H groups in total. The van der Waals surface area contributed by atoms with E-state index in [9.17, 15) is 17.2 Å². The second kappa shape index (κ2) is 6.62. The van der Waals surface area contributed by atoms with Crippen molar-refractivity contribution in [2.75, 3.05) is 12.8 Å². The molecule has 0 amide bonds. The quantitative estimate of drug-likeness (QED) is 0.830. The number of nitrogens with zero attached hydrogens (tertiary/aromatic N) is 3. The van der Waals surface area contributed by atoms with Crippen LogP contribution in [0.4, 0.5) is 8.78 Å². The van der Waals surface area contributed by atoms with Crippen LogP contribution in [0.3, 0.4) is 0 Å². The maximum atomic E-state index is 14.1. The van der Waals surface area contributed by atoms with Crippen LogP contribution in [0.1, 0.15) is 33.5 Å². The van der Waals surface area contributed by atoms with E-state index in [0.29, 0.717) is 34.9 Å². The summed E-state index contributed by atoms with van der Waals surface area (Å²) >= 11 is 0. The van der Waals surface area contributed by atoms with Crippen molar-refractivity contribution >= 4 is 10.0 Å². The normalized spacial score (nSPS) is 28.4. The fourth-order valence-corrected chi connectivity index (χ4v) is 4.16.